The smallest absolute Gasteiger partial charge is 0.329 e. The van der Waals surface area contributed by atoms with Crippen molar-refractivity contribution in [3.63, 3.8) is 0 Å². The lowest BCUT2D eigenvalue weighted by Gasteiger charge is -2.06. The quantitative estimate of drug-likeness (QED) is 0.275. The Kier molecular flexibility index (Phi) is 8.66. The van der Waals surface area contributed by atoms with Gasteiger partial charge in [-0.05, 0) is 25.1 Å². The van der Waals surface area contributed by atoms with Gasteiger partial charge in [0.25, 0.3) is 0 Å². The average Bonchev–Trinajstić information content (AvgIpc) is 2.52. The molecular weight excluding hydrogens is 380 g/mol. The molecule has 0 bridgehead atoms. The number of hydrazone groups is 1. The summed E-state index contributed by atoms with van der Waals surface area (Å²) >= 11 is 3.31. The molecule has 0 atom stereocenters. The van der Waals surface area contributed by atoms with E-state index in [-0.39, 0.29) is 18.9 Å². The van der Waals surface area contributed by atoms with Crippen LogP contribution in [0.5, 0.6) is 0 Å². The summed E-state index contributed by atoms with van der Waals surface area (Å²) in [6.07, 6.45) is -0.0158. The van der Waals surface area contributed by atoms with Crippen LogP contribution in [0.3, 0.4) is 0 Å². The highest BCUT2D eigenvalue weighted by Crippen LogP contribution is 2.15. The van der Waals surface area contributed by atoms with E-state index in [0.717, 1.165) is 4.47 Å². The van der Waals surface area contributed by atoms with E-state index in [0.29, 0.717) is 18.0 Å². The first-order valence-corrected chi connectivity index (χ1v) is 7.87. The highest BCUT2D eigenvalue weighted by molar-refractivity contribution is 9.10. The van der Waals surface area contributed by atoms with E-state index in [2.05, 4.69) is 37.1 Å². The minimum Gasteiger partial charge on any atom is -0.383 e. The number of hydrogen-bond acceptors (Lipinski definition) is 5. The number of nitrogens with zero attached hydrogens (tertiary/aromatic N) is 1. The van der Waals surface area contributed by atoms with E-state index in [1.54, 1.807) is 25.1 Å². The van der Waals surface area contributed by atoms with Gasteiger partial charge in [-0.3, -0.25) is 14.4 Å². The summed E-state index contributed by atoms with van der Waals surface area (Å²) in [4.78, 5) is 34.7. The van der Waals surface area contributed by atoms with Crippen LogP contribution in [0.25, 0.3) is 0 Å². The standard InChI is InChI=1S/C15H19BrN4O4/c1-10(19-20-15(23)14(22)17-6-7-24-2)8-13(21)18-12-5-3-4-11(16)9-12/h3-5,9H,6-8H2,1-2H3,(H,17,22)(H,18,21)(H,20,23). The van der Waals surface area contributed by atoms with Gasteiger partial charge in [0.1, 0.15) is 0 Å². The van der Waals surface area contributed by atoms with Crippen molar-refractivity contribution in [2.45, 2.75) is 13.3 Å². The molecule has 0 unspecified atom stereocenters. The summed E-state index contributed by atoms with van der Waals surface area (Å²) in [7, 11) is 1.49. The van der Waals surface area contributed by atoms with Crippen molar-refractivity contribution in [1.82, 2.24) is 10.7 Å². The zero-order valence-electron chi connectivity index (χ0n) is 13.4. The summed E-state index contributed by atoms with van der Waals surface area (Å²) in [5, 5.41) is 8.79. The Morgan fingerprint density at radius 1 is 1.25 bits per heavy atom. The molecule has 3 amide bonds. The fourth-order valence-electron chi connectivity index (χ4n) is 1.59. The van der Waals surface area contributed by atoms with Crippen molar-refractivity contribution in [3.05, 3.63) is 28.7 Å². The van der Waals surface area contributed by atoms with E-state index in [1.807, 2.05) is 6.07 Å². The van der Waals surface area contributed by atoms with Crippen LogP contribution in [-0.2, 0) is 19.1 Å². The largest absolute Gasteiger partial charge is 0.383 e. The van der Waals surface area contributed by atoms with Gasteiger partial charge in [0.05, 0.1) is 13.0 Å². The van der Waals surface area contributed by atoms with E-state index in [4.69, 9.17) is 4.74 Å². The molecule has 130 valence electrons. The molecule has 24 heavy (non-hydrogen) atoms. The molecule has 0 aliphatic carbocycles. The normalized spacial score (nSPS) is 10.9. The maximum absolute atomic E-state index is 11.9. The first-order chi connectivity index (χ1) is 11.4. The summed E-state index contributed by atoms with van der Waals surface area (Å²) < 4.78 is 5.59. The van der Waals surface area contributed by atoms with Crippen molar-refractivity contribution >= 4 is 45.1 Å². The van der Waals surface area contributed by atoms with Crippen molar-refractivity contribution in [1.29, 1.82) is 0 Å². The summed E-state index contributed by atoms with van der Waals surface area (Å²) in [6.45, 7) is 2.10. The third-order valence-electron chi connectivity index (χ3n) is 2.67. The second-order valence-electron chi connectivity index (χ2n) is 4.77. The maximum atomic E-state index is 11.9. The number of carbonyl (C=O) groups excluding carboxylic acids is 3. The van der Waals surface area contributed by atoms with Gasteiger partial charge in [0.15, 0.2) is 0 Å². The lowest BCUT2D eigenvalue weighted by Crippen LogP contribution is -2.39. The SMILES string of the molecule is COCCNC(=O)C(=O)NN=C(C)CC(=O)Nc1cccc(Br)c1. The van der Waals surface area contributed by atoms with Crippen LogP contribution in [0.1, 0.15) is 13.3 Å². The fraction of sp³-hybridized carbons (Fsp3) is 0.333. The number of nitrogens with one attached hydrogen (secondary N) is 3. The molecule has 0 heterocycles. The third-order valence-corrected chi connectivity index (χ3v) is 3.16. The topological polar surface area (TPSA) is 109 Å². The lowest BCUT2D eigenvalue weighted by molar-refractivity contribution is -0.139. The molecule has 0 aromatic heterocycles. The second kappa shape index (κ2) is 10.5. The molecule has 0 spiro atoms. The van der Waals surface area contributed by atoms with Gasteiger partial charge in [-0.2, -0.15) is 5.10 Å². The molecule has 9 heteroatoms. The predicted octanol–water partition coefficient (Wildman–Crippen LogP) is 1.03. The van der Waals surface area contributed by atoms with Gasteiger partial charge in [0, 0.05) is 29.5 Å². The molecule has 0 aliphatic rings. The number of carbonyl (C=O) groups is 3. The molecule has 1 rings (SSSR count). The van der Waals surface area contributed by atoms with Crippen LogP contribution in [0.4, 0.5) is 5.69 Å². The number of halogens is 1. The first-order valence-electron chi connectivity index (χ1n) is 7.08. The van der Waals surface area contributed by atoms with Crippen LogP contribution in [-0.4, -0.2) is 43.7 Å². The van der Waals surface area contributed by atoms with Gasteiger partial charge in [-0.15, -0.1) is 0 Å². The summed E-state index contributed by atoms with van der Waals surface area (Å²) in [6, 6.07) is 7.15. The highest BCUT2D eigenvalue weighted by Gasteiger charge is 2.12. The number of benzene rings is 1. The predicted molar refractivity (Wildman–Crippen MR) is 93.5 cm³/mol. The van der Waals surface area contributed by atoms with Crippen molar-refractivity contribution in [3.8, 4) is 0 Å². The molecule has 0 aliphatic heterocycles. The van der Waals surface area contributed by atoms with Crippen LogP contribution in [0.2, 0.25) is 0 Å². The summed E-state index contributed by atoms with van der Waals surface area (Å²) in [5.41, 5.74) is 3.10. The number of rotatable bonds is 7. The minimum atomic E-state index is -0.905. The van der Waals surface area contributed by atoms with Gasteiger partial charge in [-0.1, -0.05) is 22.0 Å². The lowest BCUT2D eigenvalue weighted by atomic mass is 10.2. The molecular formula is C15H19BrN4O4. The molecule has 1 aromatic carbocycles. The zero-order valence-corrected chi connectivity index (χ0v) is 15.0. The Labute approximate surface area is 148 Å². The van der Waals surface area contributed by atoms with Crippen molar-refractivity contribution < 1.29 is 19.1 Å². The molecule has 0 radical (unpaired) electrons. The molecule has 0 saturated carbocycles. The molecule has 8 nitrogen and oxygen atoms in total. The number of anilines is 1. The van der Waals surface area contributed by atoms with E-state index < -0.39 is 11.8 Å². The van der Waals surface area contributed by atoms with Crippen molar-refractivity contribution in [2.75, 3.05) is 25.6 Å². The van der Waals surface area contributed by atoms with Crippen LogP contribution >= 0.6 is 15.9 Å². The van der Waals surface area contributed by atoms with Crippen molar-refractivity contribution in [2.24, 2.45) is 5.10 Å². The second-order valence-corrected chi connectivity index (χ2v) is 5.69. The van der Waals surface area contributed by atoms with Gasteiger partial charge in [-0.25, -0.2) is 5.43 Å². The van der Waals surface area contributed by atoms with Gasteiger partial charge < -0.3 is 15.4 Å². The highest BCUT2D eigenvalue weighted by atomic mass is 79.9. The van der Waals surface area contributed by atoms with E-state index >= 15 is 0 Å². The number of ether oxygens (including phenoxy) is 1. The monoisotopic (exact) mass is 398 g/mol. The van der Waals surface area contributed by atoms with E-state index in [1.165, 1.54) is 7.11 Å². The molecule has 0 fully saturated rings. The Hall–Kier alpha value is -2.26. The third kappa shape index (κ3) is 7.84. The van der Waals surface area contributed by atoms with Gasteiger partial charge >= 0.3 is 11.8 Å². The van der Waals surface area contributed by atoms with E-state index in [9.17, 15) is 14.4 Å². The van der Waals surface area contributed by atoms with Crippen LogP contribution in [0, 0.1) is 0 Å². The fourth-order valence-corrected chi connectivity index (χ4v) is 1.99. The number of hydrogen-bond donors (Lipinski definition) is 3. The average molecular weight is 399 g/mol. The van der Waals surface area contributed by atoms with Gasteiger partial charge in [0.2, 0.25) is 5.91 Å². The van der Waals surface area contributed by atoms with Crippen LogP contribution in [0.15, 0.2) is 33.8 Å². The maximum Gasteiger partial charge on any atom is 0.329 e. The minimum absolute atomic E-state index is 0.0158. The Balaban J connectivity index is 2.41. The molecule has 3 N–H and O–H groups in total. The van der Waals surface area contributed by atoms with Crippen LogP contribution < -0.4 is 16.1 Å². The number of amides is 3. The Bertz CT molecular complexity index is 634. The summed E-state index contributed by atoms with van der Waals surface area (Å²) in [5.74, 6) is -2.01. The Morgan fingerprint density at radius 2 is 2.00 bits per heavy atom. The number of methoxy groups -OCH3 is 1. The molecule has 1 aromatic rings. The zero-order chi connectivity index (χ0) is 17.9. The first kappa shape index (κ1) is 19.8. The Morgan fingerprint density at radius 3 is 2.67 bits per heavy atom. The molecule has 0 saturated heterocycles.